The van der Waals surface area contributed by atoms with Gasteiger partial charge in [0.1, 0.15) is 0 Å². The van der Waals surface area contributed by atoms with Gasteiger partial charge in [0.15, 0.2) is 11.0 Å². The molecule has 5 aromatic rings. The van der Waals surface area contributed by atoms with Crippen LogP contribution in [0.4, 0.5) is 5.69 Å². The Balaban J connectivity index is 1.49. The fraction of sp³-hybridized carbons (Fsp3) is 0.0417. The molecule has 0 unspecified atom stereocenters. The van der Waals surface area contributed by atoms with Crippen LogP contribution in [-0.4, -0.2) is 31.4 Å². The second-order valence-corrected chi connectivity index (χ2v) is 8.45. The number of aromatic amines is 1. The summed E-state index contributed by atoms with van der Waals surface area (Å²) >= 11 is 7.44. The Morgan fingerprint density at radius 1 is 0.969 bits per heavy atom. The average molecular weight is 460 g/mol. The number of nitrogens with one attached hydrogen (secondary N) is 2. The third-order valence-electron chi connectivity index (χ3n) is 4.94. The number of aromatic nitrogens is 4. The van der Waals surface area contributed by atoms with Crippen LogP contribution < -0.4 is 5.32 Å². The normalized spacial score (nSPS) is 11.0. The minimum atomic E-state index is -0.111. The van der Waals surface area contributed by atoms with Gasteiger partial charge >= 0.3 is 0 Å². The highest BCUT2D eigenvalue weighted by Crippen LogP contribution is 2.32. The van der Waals surface area contributed by atoms with Gasteiger partial charge in [0.2, 0.25) is 5.91 Å². The molecular weight excluding hydrogens is 442 g/mol. The van der Waals surface area contributed by atoms with E-state index in [9.17, 15) is 4.79 Å². The molecule has 2 N–H and O–H groups in total. The smallest absolute Gasteiger partial charge is 0.234 e. The summed E-state index contributed by atoms with van der Waals surface area (Å²) in [6.07, 6.45) is 1.93. The van der Waals surface area contributed by atoms with E-state index >= 15 is 0 Å². The average Bonchev–Trinajstić information content (AvgIpc) is 3.43. The van der Waals surface area contributed by atoms with Gasteiger partial charge in [-0.2, -0.15) is 0 Å². The number of thioether (sulfide) groups is 1. The summed E-state index contributed by atoms with van der Waals surface area (Å²) in [5.41, 5.74) is 3.58. The summed E-state index contributed by atoms with van der Waals surface area (Å²) in [6.45, 7) is 0. The van der Waals surface area contributed by atoms with Crippen LogP contribution in [-0.2, 0) is 4.79 Å². The van der Waals surface area contributed by atoms with Crippen LogP contribution in [0, 0.1) is 0 Å². The first-order chi connectivity index (χ1) is 15.7. The Morgan fingerprint density at radius 2 is 1.72 bits per heavy atom. The number of amides is 1. The lowest BCUT2D eigenvalue weighted by Crippen LogP contribution is -2.14. The van der Waals surface area contributed by atoms with Crippen molar-refractivity contribution >= 4 is 45.9 Å². The number of anilines is 1. The monoisotopic (exact) mass is 459 g/mol. The fourth-order valence-electron chi connectivity index (χ4n) is 3.47. The van der Waals surface area contributed by atoms with E-state index in [1.54, 1.807) is 0 Å². The number of para-hydroxylation sites is 2. The largest absolute Gasteiger partial charge is 0.360 e. The third kappa shape index (κ3) is 4.12. The lowest BCUT2D eigenvalue weighted by atomic mass is 10.1. The molecule has 2 heterocycles. The number of halogens is 1. The van der Waals surface area contributed by atoms with E-state index < -0.39 is 0 Å². The molecule has 2 aromatic heterocycles. The lowest BCUT2D eigenvalue weighted by molar-refractivity contribution is -0.113. The molecule has 0 fully saturated rings. The number of H-pyrrole nitrogens is 1. The van der Waals surface area contributed by atoms with Gasteiger partial charge in [0, 0.05) is 39.1 Å². The lowest BCUT2D eigenvalue weighted by Gasteiger charge is -2.10. The molecule has 0 spiro atoms. The van der Waals surface area contributed by atoms with Crippen LogP contribution in [0.5, 0.6) is 0 Å². The fourth-order valence-corrected chi connectivity index (χ4v) is 4.34. The molecule has 1 amide bonds. The number of hydrogen-bond acceptors (Lipinski definition) is 4. The molecule has 0 saturated heterocycles. The summed E-state index contributed by atoms with van der Waals surface area (Å²) in [5.74, 6) is 0.783. The highest BCUT2D eigenvalue weighted by Gasteiger charge is 2.19. The predicted octanol–water partition coefficient (Wildman–Crippen LogP) is 5.80. The van der Waals surface area contributed by atoms with Gasteiger partial charge in [0.25, 0.3) is 0 Å². The third-order valence-corrected chi connectivity index (χ3v) is 6.12. The molecule has 0 radical (unpaired) electrons. The van der Waals surface area contributed by atoms with Crippen molar-refractivity contribution in [1.29, 1.82) is 0 Å². The zero-order valence-corrected chi connectivity index (χ0v) is 18.4. The van der Waals surface area contributed by atoms with Crippen molar-refractivity contribution in [2.75, 3.05) is 11.1 Å². The van der Waals surface area contributed by atoms with Gasteiger partial charge in [-0.3, -0.25) is 9.36 Å². The molecule has 32 heavy (non-hydrogen) atoms. The summed E-state index contributed by atoms with van der Waals surface area (Å²) in [6, 6.07) is 24.9. The second-order valence-electron chi connectivity index (χ2n) is 7.07. The Labute approximate surface area is 193 Å². The second kappa shape index (κ2) is 8.90. The van der Waals surface area contributed by atoms with Crippen LogP contribution in [0.2, 0.25) is 5.02 Å². The van der Waals surface area contributed by atoms with E-state index in [4.69, 9.17) is 11.6 Å². The van der Waals surface area contributed by atoms with Crippen molar-refractivity contribution in [1.82, 2.24) is 19.7 Å². The van der Waals surface area contributed by atoms with Crippen LogP contribution in [0.3, 0.4) is 0 Å². The van der Waals surface area contributed by atoms with E-state index in [0.29, 0.717) is 16.0 Å². The Morgan fingerprint density at radius 3 is 2.53 bits per heavy atom. The molecule has 0 saturated carbocycles. The topological polar surface area (TPSA) is 75.6 Å². The number of nitrogens with zero attached hydrogens (tertiary/aromatic N) is 3. The SMILES string of the molecule is O=C(CSc1nnc(-c2c[nH]c3ccccc23)n1-c1ccc(Cl)cc1)Nc1ccccc1. The number of rotatable bonds is 6. The molecular formula is C24H18ClN5OS. The van der Waals surface area contributed by atoms with Crippen molar-refractivity contribution in [3.8, 4) is 17.1 Å². The van der Waals surface area contributed by atoms with Gasteiger partial charge in [-0.25, -0.2) is 0 Å². The van der Waals surface area contributed by atoms with Gasteiger partial charge in [-0.15, -0.1) is 10.2 Å². The van der Waals surface area contributed by atoms with E-state index in [1.165, 1.54) is 11.8 Å². The maximum atomic E-state index is 12.5. The van der Waals surface area contributed by atoms with Crippen LogP contribution in [0.15, 0.2) is 90.2 Å². The first-order valence-electron chi connectivity index (χ1n) is 9.94. The van der Waals surface area contributed by atoms with Crippen molar-refractivity contribution in [3.63, 3.8) is 0 Å². The molecule has 0 aliphatic rings. The molecule has 0 aliphatic carbocycles. The molecule has 0 aliphatic heterocycles. The van der Waals surface area contributed by atoms with Crippen molar-refractivity contribution in [2.24, 2.45) is 0 Å². The minimum absolute atomic E-state index is 0.111. The van der Waals surface area contributed by atoms with Crippen LogP contribution in [0.25, 0.3) is 28.0 Å². The molecule has 5 rings (SSSR count). The Hall–Kier alpha value is -3.55. The number of carbonyl (C=O) groups is 1. The van der Waals surface area contributed by atoms with Crippen LogP contribution >= 0.6 is 23.4 Å². The molecule has 6 nitrogen and oxygen atoms in total. The number of fused-ring (bicyclic) bond motifs is 1. The van der Waals surface area contributed by atoms with Crippen LogP contribution in [0.1, 0.15) is 0 Å². The van der Waals surface area contributed by atoms with Crippen molar-refractivity contribution < 1.29 is 4.79 Å². The summed E-state index contributed by atoms with van der Waals surface area (Å²) < 4.78 is 1.95. The van der Waals surface area contributed by atoms with Gasteiger partial charge in [-0.1, -0.05) is 59.8 Å². The first kappa shape index (κ1) is 20.4. The Bertz CT molecular complexity index is 1380. The maximum absolute atomic E-state index is 12.5. The van der Waals surface area contributed by atoms with E-state index in [1.807, 2.05) is 89.6 Å². The quantitative estimate of drug-likeness (QED) is 0.315. The molecule has 158 valence electrons. The van der Waals surface area contributed by atoms with Gasteiger partial charge < -0.3 is 10.3 Å². The van der Waals surface area contributed by atoms with Gasteiger partial charge in [0.05, 0.1) is 5.75 Å². The summed E-state index contributed by atoms with van der Waals surface area (Å²) in [5, 5.41) is 14.1. The maximum Gasteiger partial charge on any atom is 0.234 e. The molecule has 3 aromatic carbocycles. The highest BCUT2D eigenvalue weighted by molar-refractivity contribution is 7.99. The van der Waals surface area contributed by atoms with Gasteiger partial charge in [-0.05, 0) is 42.5 Å². The van der Waals surface area contributed by atoms with Crippen molar-refractivity contribution in [2.45, 2.75) is 5.16 Å². The first-order valence-corrected chi connectivity index (χ1v) is 11.3. The number of hydrogen-bond donors (Lipinski definition) is 2. The predicted molar refractivity (Wildman–Crippen MR) is 129 cm³/mol. The zero-order chi connectivity index (χ0) is 21.9. The minimum Gasteiger partial charge on any atom is -0.360 e. The molecule has 0 atom stereocenters. The Kier molecular flexibility index (Phi) is 5.66. The highest BCUT2D eigenvalue weighted by atomic mass is 35.5. The molecule has 0 bridgehead atoms. The van der Waals surface area contributed by atoms with Crippen molar-refractivity contribution in [3.05, 3.63) is 90.1 Å². The molecule has 8 heteroatoms. The number of carbonyl (C=O) groups excluding carboxylic acids is 1. The summed E-state index contributed by atoms with van der Waals surface area (Å²) in [7, 11) is 0. The van der Waals surface area contributed by atoms with E-state index in [0.717, 1.165) is 27.8 Å². The summed E-state index contributed by atoms with van der Waals surface area (Å²) in [4.78, 5) is 15.8. The number of benzene rings is 3. The van der Waals surface area contributed by atoms with E-state index in [-0.39, 0.29) is 11.7 Å². The zero-order valence-electron chi connectivity index (χ0n) is 16.8. The standard InChI is InChI=1S/C24H18ClN5OS/c25-16-10-12-18(13-11-16)30-23(20-14-26-21-9-5-4-8-19(20)21)28-29-24(30)32-15-22(31)27-17-6-2-1-3-7-17/h1-14,26H,15H2,(H,27,31). The van der Waals surface area contributed by atoms with E-state index in [2.05, 4.69) is 20.5 Å².